The first-order chi connectivity index (χ1) is 15.4. The van der Waals surface area contributed by atoms with E-state index in [0.29, 0.717) is 33.2 Å². The van der Waals surface area contributed by atoms with Gasteiger partial charge in [-0.25, -0.2) is 4.68 Å². The van der Waals surface area contributed by atoms with Crippen LogP contribution >= 0.6 is 34.8 Å². The normalized spacial score (nSPS) is 10.9. The SMILES string of the molecule is Cc1cc(NC(=O)c2ccn(COc3ccccc3Cl)n2)nn1Cc1c(Cl)cccc1Cl. The number of aryl methyl sites for hydroxylation is 1. The van der Waals surface area contributed by atoms with Crippen molar-refractivity contribution in [3.63, 3.8) is 0 Å². The van der Waals surface area contributed by atoms with Gasteiger partial charge in [-0.05, 0) is 37.3 Å². The number of halogens is 3. The van der Waals surface area contributed by atoms with E-state index in [-0.39, 0.29) is 18.3 Å². The minimum atomic E-state index is -0.387. The molecule has 7 nitrogen and oxygen atoms in total. The van der Waals surface area contributed by atoms with Crippen LogP contribution in [0.2, 0.25) is 15.1 Å². The number of para-hydroxylation sites is 1. The molecule has 4 aromatic rings. The van der Waals surface area contributed by atoms with Crippen LogP contribution in [0.4, 0.5) is 5.82 Å². The molecule has 0 saturated heterocycles. The summed E-state index contributed by atoms with van der Waals surface area (Å²) in [7, 11) is 0. The fourth-order valence-corrected chi connectivity index (χ4v) is 3.70. The molecule has 0 radical (unpaired) electrons. The minimum Gasteiger partial charge on any atom is -0.470 e. The average Bonchev–Trinajstić information content (AvgIpc) is 3.37. The first-order valence-corrected chi connectivity index (χ1v) is 10.7. The third-order valence-electron chi connectivity index (χ3n) is 4.65. The lowest BCUT2D eigenvalue weighted by molar-refractivity contribution is 0.101. The van der Waals surface area contributed by atoms with Gasteiger partial charge in [0.05, 0.1) is 11.6 Å². The second-order valence-electron chi connectivity index (χ2n) is 6.93. The topological polar surface area (TPSA) is 74.0 Å². The van der Waals surface area contributed by atoms with Crippen molar-refractivity contribution in [3.05, 3.63) is 92.8 Å². The maximum atomic E-state index is 12.6. The van der Waals surface area contributed by atoms with E-state index in [0.717, 1.165) is 11.3 Å². The van der Waals surface area contributed by atoms with Gasteiger partial charge in [0.25, 0.3) is 5.91 Å². The summed E-state index contributed by atoms with van der Waals surface area (Å²) >= 11 is 18.6. The Hall–Kier alpha value is -3.00. The lowest BCUT2D eigenvalue weighted by Crippen LogP contribution is -2.15. The summed E-state index contributed by atoms with van der Waals surface area (Å²) in [5.41, 5.74) is 1.83. The highest BCUT2D eigenvalue weighted by atomic mass is 35.5. The molecule has 0 aliphatic rings. The Bertz CT molecular complexity index is 1250. The first-order valence-electron chi connectivity index (χ1n) is 9.60. The van der Waals surface area contributed by atoms with Crippen molar-refractivity contribution in [2.45, 2.75) is 20.2 Å². The Labute approximate surface area is 199 Å². The number of rotatable bonds is 7. The van der Waals surface area contributed by atoms with E-state index in [4.69, 9.17) is 39.5 Å². The summed E-state index contributed by atoms with van der Waals surface area (Å²) in [5, 5.41) is 13.1. The number of benzene rings is 2. The van der Waals surface area contributed by atoms with E-state index in [2.05, 4.69) is 15.5 Å². The van der Waals surface area contributed by atoms with Gasteiger partial charge in [0, 0.05) is 33.6 Å². The van der Waals surface area contributed by atoms with E-state index in [1.807, 2.05) is 19.1 Å². The molecule has 0 aliphatic carbocycles. The number of hydrogen-bond donors (Lipinski definition) is 1. The van der Waals surface area contributed by atoms with Gasteiger partial charge in [0.2, 0.25) is 0 Å². The molecule has 10 heteroatoms. The number of aromatic nitrogens is 4. The van der Waals surface area contributed by atoms with Crippen LogP contribution in [0.5, 0.6) is 5.75 Å². The number of anilines is 1. The van der Waals surface area contributed by atoms with Crippen molar-refractivity contribution in [2.24, 2.45) is 0 Å². The van der Waals surface area contributed by atoms with Crippen LogP contribution in [0.15, 0.2) is 60.8 Å². The highest BCUT2D eigenvalue weighted by Gasteiger charge is 2.15. The maximum absolute atomic E-state index is 12.6. The maximum Gasteiger partial charge on any atom is 0.277 e. The molecule has 0 bridgehead atoms. The zero-order valence-electron chi connectivity index (χ0n) is 16.9. The monoisotopic (exact) mass is 489 g/mol. The molecule has 2 heterocycles. The van der Waals surface area contributed by atoms with Gasteiger partial charge in [-0.1, -0.05) is 53.0 Å². The third kappa shape index (κ3) is 5.07. The fraction of sp³-hybridized carbons (Fsp3) is 0.136. The van der Waals surface area contributed by atoms with Gasteiger partial charge in [0.15, 0.2) is 18.2 Å². The van der Waals surface area contributed by atoms with Crippen LogP contribution in [-0.4, -0.2) is 25.5 Å². The van der Waals surface area contributed by atoms with Crippen molar-refractivity contribution in [3.8, 4) is 5.75 Å². The van der Waals surface area contributed by atoms with E-state index in [1.165, 1.54) is 4.68 Å². The Morgan fingerprint density at radius 2 is 1.72 bits per heavy atom. The minimum absolute atomic E-state index is 0.114. The molecule has 0 fully saturated rings. The predicted molar refractivity (Wildman–Crippen MR) is 125 cm³/mol. The Kier molecular flexibility index (Phi) is 6.69. The van der Waals surface area contributed by atoms with Crippen LogP contribution in [0, 0.1) is 6.92 Å². The number of amides is 1. The summed E-state index contributed by atoms with van der Waals surface area (Å²) < 4.78 is 8.85. The average molecular weight is 491 g/mol. The zero-order chi connectivity index (χ0) is 22.7. The van der Waals surface area contributed by atoms with Gasteiger partial charge in [-0.2, -0.15) is 10.2 Å². The van der Waals surface area contributed by atoms with Crippen molar-refractivity contribution in [1.29, 1.82) is 0 Å². The smallest absolute Gasteiger partial charge is 0.277 e. The van der Waals surface area contributed by atoms with Gasteiger partial charge >= 0.3 is 0 Å². The molecular weight excluding hydrogens is 473 g/mol. The standard InChI is InChI=1S/C22H18Cl3N5O2/c1-14-11-21(28-30(14)12-15-16(23)6-4-7-17(15)24)26-22(31)19-9-10-29(27-19)13-32-20-8-3-2-5-18(20)25/h2-11H,12-13H2,1H3,(H,26,28,31). The van der Waals surface area contributed by atoms with Gasteiger partial charge < -0.3 is 10.1 Å². The summed E-state index contributed by atoms with van der Waals surface area (Å²) in [4.78, 5) is 12.6. The molecule has 0 unspecified atom stereocenters. The highest BCUT2D eigenvalue weighted by molar-refractivity contribution is 6.36. The van der Waals surface area contributed by atoms with Crippen molar-refractivity contribution in [1.82, 2.24) is 19.6 Å². The number of ether oxygens (including phenoxy) is 1. The van der Waals surface area contributed by atoms with Crippen LogP contribution in [-0.2, 0) is 13.3 Å². The number of carbonyl (C=O) groups is 1. The van der Waals surface area contributed by atoms with E-state index < -0.39 is 0 Å². The van der Waals surface area contributed by atoms with Crippen LogP contribution in [0.1, 0.15) is 21.7 Å². The van der Waals surface area contributed by atoms with Gasteiger partial charge in [0.1, 0.15) is 5.75 Å². The molecule has 2 aromatic carbocycles. The molecule has 1 N–H and O–H groups in total. The summed E-state index contributed by atoms with van der Waals surface area (Å²) in [5.74, 6) is 0.551. The number of hydrogen-bond acceptors (Lipinski definition) is 4. The second kappa shape index (κ2) is 9.65. The molecule has 0 atom stereocenters. The number of carbonyl (C=O) groups excluding carboxylic acids is 1. The Morgan fingerprint density at radius 3 is 2.47 bits per heavy atom. The highest BCUT2D eigenvalue weighted by Crippen LogP contribution is 2.26. The lowest BCUT2D eigenvalue weighted by atomic mass is 10.2. The number of nitrogens with one attached hydrogen (secondary N) is 1. The zero-order valence-corrected chi connectivity index (χ0v) is 19.2. The summed E-state index contributed by atoms with van der Waals surface area (Å²) in [6.07, 6.45) is 1.65. The Morgan fingerprint density at radius 1 is 1.00 bits per heavy atom. The van der Waals surface area contributed by atoms with Crippen LogP contribution < -0.4 is 10.1 Å². The largest absolute Gasteiger partial charge is 0.470 e. The van der Waals surface area contributed by atoms with Gasteiger partial charge in [-0.3, -0.25) is 9.48 Å². The van der Waals surface area contributed by atoms with Crippen molar-refractivity contribution in [2.75, 3.05) is 5.32 Å². The molecule has 164 valence electrons. The molecular formula is C22H18Cl3N5O2. The molecule has 1 amide bonds. The molecule has 4 rings (SSSR count). The fourth-order valence-electron chi connectivity index (χ4n) is 3.00. The second-order valence-corrected chi connectivity index (χ2v) is 8.15. The van der Waals surface area contributed by atoms with E-state index >= 15 is 0 Å². The molecule has 0 aliphatic heterocycles. The third-order valence-corrected chi connectivity index (χ3v) is 5.68. The number of nitrogens with zero attached hydrogens (tertiary/aromatic N) is 4. The van der Waals surface area contributed by atoms with E-state index in [1.54, 1.807) is 53.3 Å². The van der Waals surface area contributed by atoms with Crippen LogP contribution in [0.3, 0.4) is 0 Å². The summed E-state index contributed by atoms with van der Waals surface area (Å²) in [6, 6.07) is 15.8. The Balaban J connectivity index is 1.40. The molecule has 0 saturated carbocycles. The van der Waals surface area contributed by atoms with Gasteiger partial charge in [-0.15, -0.1) is 0 Å². The molecule has 0 spiro atoms. The lowest BCUT2D eigenvalue weighted by Gasteiger charge is -2.08. The first kappa shape index (κ1) is 22.2. The van der Waals surface area contributed by atoms with Crippen LogP contribution in [0.25, 0.3) is 0 Å². The predicted octanol–water partition coefficient (Wildman–Crippen LogP) is 5.69. The summed E-state index contributed by atoms with van der Waals surface area (Å²) in [6.45, 7) is 2.38. The molecule has 32 heavy (non-hydrogen) atoms. The molecule has 2 aromatic heterocycles. The van der Waals surface area contributed by atoms with E-state index in [9.17, 15) is 4.79 Å². The quantitative estimate of drug-likeness (QED) is 0.361. The van der Waals surface area contributed by atoms with Crippen molar-refractivity contribution < 1.29 is 9.53 Å². The van der Waals surface area contributed by atoms with Crippen molar-refractivity contribution >= 4 is 46.5 Å².